The summed E-state index contributed by atoms with van der Waals surface area (Å²) < 4.78 is 44.1. The van der Waals surface area contributed by atoms with Crippen LogP contribution in [0.3, 0.4) is 0 Å². The number of rotatable bonds is 8. The van der Waals surface area contributed by atoms with Crippen molar-refractivity contribution in [2.24, 2.45) is 4.99 Å². The highest BCUT2D eigenvalue weighted by Crippen LogP contribution is 2.31. The molecule has 0 aromatic heterocycles. The van der Waals surface area contributed by atoms with Crippen molar-refractivity contribution in [2.75, 3.05) is 39.1 Å². The van der Waals surface area contributed by atoms with Gasteiger partial charge in [-0.15, -0.1) is 0 Å². The van der Waals surface area contributed by atoms with Gasteiger partial charge in [0.05, 0.1) is 5.69 Å². The maximum Gasteiger partial charge on any atom is 0.387 e. The maximum atomic E-state index is 14.0. The lowest BCUT2D eigenvalue weighted by molar-refractivity contribution is -0.0495. The Morgan fingerprint density at radius 1 is 1.25 bits per heavy atom. The maximum absolute atomic E-state index is 14.0. The first kappa shape index (κ1) is 23.7. The summed E-state index contributed by atoms with van der Waals surface area (Å²) in [6, 6.07) is 12.0. The second kappa shape index (κ2) is 11.1. The van der Waals surface area contributed by atoms with E-state index in [-0.39, 0.29) is 17.6 Å². The molecule has 1 heterocycles. The number of hydrogen-bond donors (Lipinski definition) is 2. The average molecular weight is 450 g/mol. The van der Waals surface area contributed by atoms with Gasteiger partial charge >= 0.3 is 6.61 Å². The lowest BCUT2D eigenvalue weighted by Crippen LogP contribution is -2.44. The molecule has 1 aliphatic rings. The van der Waals surface area contributed by atoms with Crippen molar-refractivity contribution in [2.45, 2.75) is 32.2 Å². The second-order valence-electron chi connectivity index (χ2n) is 8.01. The van der Waals surface area contributed by atoms with Gasteiger partial charge in [-0.25, -0.2) is 4.39 Å². The van der Waals surface area contributed by atoms with Crippen LogP contribution in [0.5, 0.6) is 5.75 Å². The molecule has 2 N–H and O–H groups in total. The minimum atomic E-state index is -2.86. The molecule has 9 heteroatoms. The fourth-order valence-electron chi connectivity index (χ4n) is 3.78. The number of para-hydroxylation sites is 2. The van der Waals surface area contributed by atoms with Crippen LogP contribution in [0.15, 0.2) is 47.5 Å². The quantitative estimate of drug-likeness (QED) is 0.478. The Balaban J connectivity index is 1.56. The second-order valence-corrected chi connectivity index (χ2v) is 8.01. The van der Waals surface area contributed by atoms with Gasteiger partial charge in [0.15, 0.2) is 5.96 Å². The van der Waals surface area contributed by atoms with Crippen molar-refractivity contribution in [3.05, 3.63) is 59.4 Å². The number of aliphatic imine (C=N–C) groups is 1. The van der Waals surface area contributed by atoms with E-state index < -0.39 is 6.61 Å². The van der Waals surface area contributed by atoms with Gasteiger partial charge in [0.1, 0.15) is 11.6 Å². The molecule has 1 atom stereocenters. The highest BCUT2D eigenvalue weighted by atomic mass is 19.3. The lowest BCUT2D eigenvalue weighted by atomic mass is 10.1. The van der Waals surface area contributed by atoms with E-state index in [4.69, 9.17) is 0 Å². The van der Waals surface area contributed by atoms with Crippen LogP contribution in [0.2, 0.25) is 0 Å². The Morgan fingerprint density at radius 3 is 2.75 bits per heavy atom. The van der Waals surface area contributed by atoms with E-state index in [1.165, 1.54) is 6.07 Å². The molecule has 0 saturated carbocycles. The highest BCUT2D eigenvalue weighted by molar-refractivity contribution is 5.80. The number of ether oxygens (including phenoxy) is 1. The van der Waals surface area contributed by atoms with Gasteiger partial charge < -0.3 is 25.2 Å². The third-order valence-corrected chi connectivity index (χ3v) is 5.23. The summed E-state index contributed by atoms with van der Waals surface area (Å²) in [7, 11) is 5.49. The van der Waals surface area contributed by atoms with Crippen LogP contribution in [0.1, 0.15) is 17.5 Å². The van der Waals surface area contributed by atoms with Crippen molar-refractivity contribution in [3.8, 4) is 5.75 Å². The number of guanidine groups is 1. The van der Waals surface area contributed by atoms with Crippen molar-refractivity contribution in [1.82, 2.24) is 15.5 Å². The van der Waals surface area contributed by atoms with Gasteiger partial charge in [-0.3, -0.25) is 4.99 Å². The monoisotopic (exact) mass is 449 g/mol. The fourth-order valence-corrected chi connectivity index (χ4v) is 3.78. The summed E-state index contributed by atoms with van der Waals surface area (Å²) in [6.45, 7) is -0.485. The van der Waals surface area contributed by atoms with Crippen LogP contribution < -0.4 is 20.3 Å². The normalized spacial score (nSPS) is 16.7. The van der Waals surface area contributed by atoms with Gasteiger partial charge in [0.25, 0.3) is 0 Å². The zero-order valence-corrected chi connectivity index (χ0v) is 18.6. The summed E-state index contributed by atoms with van der Waals surface area (Å²) in [4.78, 5) is 8.23. The zero-order valence-electron chi connectivity index (χ0n) is 18.6. The molecule has 1 fully saturated rings. The van der Waals surface area contributed by atoms with Gasteiger partial charge in [0.2, 0.25) is 0 Å². The van der Waals surface area contributed by atoms with Crippen LogP contribution in [0, 0.1) is 5.82 Å². The van der Waals surface area contributed by atoms with E-state index in [1.807, 2.05) is 36.0 Å². The Morgan fingerprint density at radius 2 is 2.03 bits per heavy atom. The van der Waals surface area contributed by atoms with Gasteiger partial charge in [-0.1, -0.05) is 18.2 Å². The minimum Gasteiger partial charge on any atom is -0.433 e. The molecule has 0 spiro atoms. The summed E-state index contributed by atoms with van der Waals surface area (Å²) in [5.74, 6) is 0.593. The molecule has 1 saturated heterocycles. The fraction of sp³-hybridized carbons (Fsp3) is 0.435. The van der Waals surface area contributed by atoms with Crippen molar-refractivity contribution < 1.29 is 17.9 Å². The predicted molar refractivity (Wildman–Crippen MR) is 121 cm³/mol. The van der Waals surface area contributed by atoms with E-state index in [9.17, 15) is 13.2 Å². The van der Waals surface area contributed by atoms with Crippen molar-refractivity contribution >= 4 is 11.6 Å². The number of anilines is 1. The van der Waals surface area contributed by atoms with E-state index in [1.54, 1.807) is 31.3 Å². The molecule has 32 heavy (non-hydrogen) atoms. The zero-order chi connectivity index (χ0) is 23.1. The summed E-state index contributed by atoms with van der Waals surface area (Å²) in [6.07, 6.45) is 0.827. The SMILES string of the molecule is CN=C(NCc1ccc(F)c(CN(C)C)c1)NC1CCN(c2ccccc2OC(F)F)C1. The molecular weight excluding hydrogens is 419 g/mol. The number of halogens is 3. The summed E-state index contributed by atoms with van der Waals surface area (Å²) in [5, 5.41) is 6.65. The molecule has 0 amide bonds. The molecule has 1 aliphatic heterocycles. The average Bonchev–Trinajstić information content (AvgIpc) is 3.21. The molecule has 0 radical (unpaired) electrons. The number of alkyl halides is 2. The number of hydrogen-bond acceptors (Lipinski definition) is 4. The summed E-state index contributed by atoms with van der Waals surface area (Å²) in [5.41, 5.74) is 2.26. The van der Waals surface area contributed by atoms with Crippen LogP contribution in [-0.2, 0) is 13.1 Å². The van der Waals surface area contributed by atoms with Crippen molar-refractivity contribution in [3.63, 3.8) is 0 Å². The van der Waals surface area contributed by atoms with Crippen LogP contribution in [0.25, 0.3) is 0 Å². The molecule has 6 nitrogen and oxygen atoms in total. The third-order valence-electron chi connectivity index (χ3n) is 5.23. The Hall–Kier alpha value is -2.94. The van der Waals surface area contributed by atoms with E-state index in [0.29, 0.717) is 43.4 Å². The Bertz CT molecular complexity index is 922. The molecule has 3 rings (SSSR count). The molecule has 1 unspecified atom stereocenters. The first-order valence-electron chi connectivity index (χ1n) is 10.5. The largest absolute Gasteiger partial charge is 0.433 e. The smallest absolute Gasteiger partial charge is 0.387 e. The molecule has 0 bridgehead atoms. The molecule has 2 aromatic carbocycles. The summed E-state index contributed by atoms with van der Waals surface area (Å²) >= 11 is 0. The Kier molecular flexibility index (Phi) is 8.21. The molecule has 2 aromatic rings. The first-order valence-corrected chi connectivity index (χ1v) is 10.5. The first-order chi connectivity index (χ1) is 15.4. The number of benzene rings is 2. The molecular formula is C23H30F3N5O. The molecule has 174 valence electrons. The lowest BCUT2D eigenvalue weighted by Gasteiger charge is -2.22. The van der Waals surface area contributed by atoms with Gasteiger partial charge in [0, 0.05) is 44.8 Å². The van der Waals surface area contributed by atoms with Crippen LogP contribution in [0.4, 0.5) is 18.9 Å². The van der Waals surface area contributed by atoms with E-state index in [0.717, 1.165) is 12.0 Å². The van der Waals surface area contributed by atoms with Gasteiger partial charge in [-0.05, 0) is 50.3 Å². The van der Waals surface area contributed by atoms with E-state index in [2.05, 4.69) is 20.4 Å². The number of nitrogens with one attached hydrogen (secondary N) is 2. The third kappa shape index (κ3) is 6.53. The topological polar surface area (TPSA) is 52.1 Å². The Labute approximate surface area is 187 Å². The van der Waals surface area contributed by atoms with Crippen LogP contribution in [-0.4, -0.2) is 57.7 Å². The number of nitrogens with zero attached hydrogens (tertiary/aromatic N) is 3. The van der Waals surface area contributed by atoms with Crippen LogP contribution >= 0.6 is 0 Å². The highest BCUT2D eigenvalue weighted by Gasteiger charge is 2.26. The van der Waals surface area contributed by atoms with E-state index >= 15 is 0 Å². The predicted octanol–water partition coefficient (Wildman–Crippen LogP) is 3.43. The molecule has 0 aliphatic carbocycles. The minimum absolute atomic E-state index is 0.0957. The standard InChI is InChI=1S/C23H30F3N5O/c1-27-23(28-13-16-8-9-19(24)17(12-16)14-30(2)3)29-18-10-11-31(15-18)20-6-4-5-7-21(20)32-22(25)26/h4-9,12,18,22H,10-11,13-15H2,1-3H3,(H2,27,28,29). The van der Waals surface area contributed by atoms with Gasteiger partial charge in [-0.2, -0.15) is 8.78 Å². The van der Waals surface area contributed by atoms with Crippen molar-refractivity contribution in [1.29, 1.82) is 0 Å².